The highest BCUT2D eigenvalue weighted by Crippen LogP contribution is 2.33. The fourth-order valence-corrected chi connectivity index (χ4v) is 3.58. The smallest absolute Gasteiger partial charge is 0.340 e. The number of carbonyl (C=O) groups excluding carboxylic acids is 1. The van der Waals surface area contributed by atoms with Crippen molar-refractivity contribution in [3.8, 4) is 17.1 Å². The van der Waals surface area contributed by atoms with Crippen LogP contribution in [0.1, 0.15) is 28.8 Å². The van der Waals surface area contributed by atoms with E-state index in [0.29, 0.717) is 39.6 Å². The standard InChI is InChI=1S/C21H18ClN5O3/c1-4-15-24-21(26-25-15)27-9-8-14-18(19(27)28)17(12-6-5-7-13(22)10-12)16(11(2)23-14)20(29)30-3/h5-10H,4H2,1-3H3,(H,24,25,26). The number of esters is 1. The molecule has 0 bridgehead atoms. The molecular weight excluding hydrogens is 406 g/mol. The van der Waals surface area contributed by atoms with Gasteiger partial charge in [-0.25, -0.2) is 9.36 Å². The van der Waals surface area contributed by atoms with Gasteiger partial charge in [-0.05, 0) is 30.7 Å². The summed E-state index contributed by atoms with van der Waals surface area (Å²) in [5.74, 6) is 0.290. The van der Waals surface area contributed by atoms with Crippen LogP contribution in [0.15, 0.2) is 41.3 Å². The van der Waals surface area contributed by atoms with Gasteiger partial charge in [-0.2, -0.15) is 4.98 Å². The van der Waals surface area contributed by atoms with Crippen molar-refractivity contribution in [1.29, 1.82) is 0 Å². The number of nitrogens with zero attached hydrogens (tertiary/aromatic N) is 4. The van der Waals surface area contributed by atoms with Crippen LogP contribution in [-0.4, -0.2) is 37.8 Å². The highest BCUT2D eigenvalue weighted by molar-refractivity contribution is 6.31. The monoisotopic (exact) mass is 423 g/mol. The Morgan fingerprint density at radius 3 is 2.73 bits per heavy atom. The Morgan fingerprint density at radius 2 is 2.07 bits per heavy atom. The van der Waals surface area contributed by atoms with Crippen molar-refractivity contribution >= 4 is 28.5 Å². The Hall–Kier alpha value is -3.52. The van der Waals surface area contributed by atoms with E-state index in [4.69, 9.17) is 16.3 Å². The first kappa shape index (κ1) is 19.8. The van der Waals surface area contributed by atoms with Crippen molar-refractivity contribution in [2.45, 2.75) is 20.3 Å². The third-order valence-electron chi connectivity index (χ3n) is 4.79. The van der Waals surface area contributed by atoms with E-state index >= 15 is 0 Å². The van der Waals surface area contributed by atoms with E-state index in [2.05, 4.69) is 20.2 Å². The van der Waals surface area contributed by atoms with Crippen LogP contribution in [0, 0.1) is 6.92 Å². The molecule has 0 atom stereocenters. The molecule has 152 valence electrons. The Kier molecular flexibility index (Phi) is 5.09. The molecular formula is C21H18ClN5O3. The first-order valence-corrected chi connectivity index (χ1v) is 9.64. The number of fused-ring (bicyclic) bond motifs is 1. The lowest BCUT2D eigenvalue weighted by Crippen LogP contribution is -2.21. The quantitative estimate of drug-likeness (QED) is 0.504. The largest absolute Gasteiger partial charge is 0.465 e. The number of aromatic nitrogens is 5. The van der Waals surface area contributed by atoms with Crippen LogP contribution >= 0.6 is 11.6 Å². The fourth-order valence-electron chi connectivity index (χ4n) is 3.39. The number of ether oxygens (including phenoxy) is 1. The lowest BCUT2D eigenvalue weighted by atomic mass is 9.95. The molecule has 4 aromatic rings. The number of halogens is 1. The van der Waals surface area contributed by atoms with Crippen LogP contribution in [-0.2, 0) is 11.2 Å². The topological polar surface area (TPSA) is 103 Å². The fraction of sp³-hybridized carbons (Fsp3) is 0.190. The van der Waals surface area contributed by atoms with Crippen molar-refractivity contribution in [3.05, 3.63) is 69.0 Å². The number of nitrogens with one attached hydrogen (secondary N) is 1. The van der Waals surface area contributed by atoms with Crippen molar-refractivity contribution in [3.63, 3.8) is 0 Å². The van der Waals surface area contributed by atoms with Crippen molar-refractivity contribution in [2.24, 2.45) is 0 Å². The molecule has 0 spiro atoms. The minimum Gasteiger partial charge on any atom is -0.465 e. The second-order valence-electron chi connectivity index (χ2n) is 6.64. The van der Waals surface area contributed by atoms with E-state index in [0.717, 1.165) is 0 Å². The molecule has 3 heterocycles. The molecule has 0 aliphatic carbocycles. The zero-order chi connectivity index (χ0) is 21.4. The Bertz CT molecular complexity index is 1340. The number of aromatic amines is 1. The highest BCUT2D eigenvalue weighted by Gasteiger charge is 2.24. The summed E-state index contributed by atoms with van der Waals surface area (Å²) in [5.41, 5.74) is 1.73. The first-order valence-electron chi connectivity index (χ1n) is 9.26. The van der Waals surface area contributed by atoms with E-state index < -0.39 is 11.5 Å². The first-order chi connectivity index (χ1) is 14.4. The van der Waals surface area contributed by atoms with Crippen LogP contribution in [0.5, 0.6) is 0 Å². The molecule has 0 radical (unpaired) electrons. The van der Waals surface area contributed by atoms with Gasteiger partial charge in [-0.3, -0.25) is 14.9 Å². The number of hydrogen-bond acceptors (Lipinski definition) is 6. The second-order valence-corrected chi connectivity index (χ2v) is 7.07. The van der Waals surface area contributed by atoms with E-state index in [1.165, 1.54) is 11.7 Å². The summed E-state index contributed by atoms with van der Waals surface area (Å²) in [5, 5.41) is 7.66. The van der Waals surface area contributed by atoms with E-state index in [1.54, 1.807) is 43.5 Å². The number of rotatable bonds is 4. The Balaban J connectivity index is 2.14. The maximum atomic E-state index is 13.5. The Morgan fingerprint density at radius 1 is 1.27 bits per heavy atom. The minimum absolute atomic E-state index is 0.214. The molecule has 9 heteroatoms. The molecule has 0 aliphatic rings. The number of methoxy groups -OCH3 is 1. The second kappa shape index (κ2) is 7.72. The van der Waals surface area contributed by atoms with Gasteiger partial charge >= 0.3 is 5.97 Å². The van der Waals surface area contributed by atoms with Gasteiger partial charge in [-0.15, -0.1) is 5.10 Å². The number of aryl methyl sites for hydroxylation is 2. The zero-order valence-corrected chi connectivity index (χ0v) is 17.3. The van der Waals surface area contributed by atoms with Crippen LogP contribution in [0.25, 0.3) is 28.0 Å². The molecule has 8 nitrogen and oxygen atoms in total. The van der Waals surface area contributed by atoms with Crippen LogP contribution in [0.4, 0.5) is 0 Å². The molecule has 1 N–H and O–H groups in total. The number of hydrogen-bond donors (Lipinski definition) is 1. The summed E-state index contributed by atoms with van der Waals surface area (Å²) >= 11 is 6.20. The van der Waals surface area contributed by atoms with Gasteiger partial charge in [0.2, 0.25) is 0 Å². The average Bonchev–Trinajstić information content (AvgIpc) is 3.21. The molecule has 0 fully saturated rings. The predicted molar refractivity (Wildman–Crippen MR) is 113 cm³/mol. The number of benzene rings is 1. The summed E-state index contributed by atoms with van der Waals surface area (Å²) in [4.78, 5) is 35.0. The third kappa shape index (κ3) is 3.25. The summed E-state index contributed by atoms with van der Waals surface area (Å²) in [6, 6.07) is 8.65. The Labute approximate surface area is 176 Å². The predicted octanol–water partition coefficient (Wildman–Crippen LogP) is 3.48. The van der Waals surface area contributed by atoms with Crippen LogP contribution in [0.3, 0.4) is 0 Å². The third-order valence-corrected chi connectivity index (χ3v) is 5.03. The van der Waals surface area contributed by atoms with Crippen molar-refractivity contribution < 1.29 is 9.53 Å². The highest BCUT2D eigenvalue weighted by atomic mass is 35.5. The van der Waals surface area contributed by atoms with Gasteiger partial charge in [0.1, 0.15) is 5.82 Å². The maximum Gasteiger partial charge on any atom is 0.340 e. The van der Waals surface area contributed by atoms with Crippen molar-refractivity contribution in [2.75, 3.05) is 7.11 Å². The number of pyridine rings is 2. The van der Waals surface area contributed by atoms with Gasteiger partial charge in [0.25, 0.3) is 11.5 Å². The molecule has 1 aromatic carbocycles. The van der Waals surface area contributed by atoms with Crippen LogP contribution < -0.4 is 5.56 Å². The summed E-state index contributed by atoms with van der Waals surface area (Å²) in [6.07, 6.45) is 2.22. The summed E-state index contributed by atoms with van der Waals surface area (Å²) < 4.78 is 6.30. The van der Waals surface area contributed by atoms with E-state index in [-0.39, 0.29) is 16.9 Å². The molecule has 0 saturated heterocycles. The van der Waals surface area contributed by atoms with Crippen LogP contribution in [0.2, 0.25) is 5.02 Å². The maximum absolute atomic E-state index is 13.5. The molecule has 0 saturated carbocycles. The number of carbonyl (C=O) groups is 1. The summed E-state index contributed by atoms with van der Waals surface area (Å²) in [7, 11) is 1.29. The summed E-state index contributed by atoms with van der Waals surface area (Å²) in [6.45, 7) is 3.63. The van der Waals surface area contributed by atoms with E-state index in [1.807, 2.05) is 6.92 Å². The molecule has 30 heavy (non-hydrogen) atoms. The molecule has 0 unspecified atom stereocenters. The van der Waals surface area contributed by atoms with Gasteiger partial charge in [0.15, 0.2) is 0 Å². The lowest BCUT2D eigenvalue weighted by Gasteiger charge is -2.15. The van der Waals surface area contributed by atoms with Crippen molar-refractivity contribution in [1.82, 2.24) is 24.7 Å². The van der Waals surface area contributed by atoms with Gasteiger partial charge < -0.3 is 4.74 Å². The molecule has 4 rings (SSSR count). The molecule has 0 amide bonds. The minimum atomic E-state index is -0.585. The molecule has 3 aromatic heterocycles. The molecule has 0 aliphatic heterocycles. The zero-order valence-electron chi connectivity index (χ0n) is 16.6. The van der Waals surface area contributed by atoms with Gasteiger partial charge in [0.05, 0.1) is 29.3 Å². The SMILES string of the molecule is CCc1nc(-n2ccc3nc(C)c(C(=O)OC)c(-c4cccc(Cl)c4)c3c2=O)n[nH]1. The average molecular weight is 424 g/mol. The number of H-pyrrole nitrogens is 1. The van der Waals surface area contributed by atoms with Gasteiger partial charge in [0, 0.05) is 23.2 Å². The van der Waals surface area contributed by atoms with E-state index in [9.17, 15) is 9.59 Å². The lowest BCUT2D eigenvalue weighted by molar-refractivity contribution is 0.0600. The normalized spacial score (nSPS) is 11.1. The van der Waals surface area contributed by atoms with Gasteiger partial charge in [-0.1, -0.05) is 30.7 Å².